The van der Waals surface area contributed by atoms with E-state index in [0.29, 0.717) is 15.6 Å². The summed E-state index contributed by atoms with van der Waals surface area (Å²) < 4.78 is 35.4. The first-order chi connectivity index (χ1) is 13.8. The predicted molar refractivity (Wildman–Crippen MR) is 111 cm³/mol. The Hall–Kier alpha value is -2.64. The monoisotopic (exact) mass is 437 g/mol. The van der Waals surface area contributed by atoms with Crippen molar-refractivity contribution in [2.24, 2.45) is 0 Å². The minimum Gasteiger partial charge on any atom is -0.487 e. The molecule has 1 N–H and O–H groups in total. The van der Waals surface area contributed by atoms with Crippen molar-refractivity contribution in [3.8, 4) is 11.5 Å². The van der Waals surface area contributed by atoms with Gasteiger partial charge in [0.1, 0.15) is 18.1 Å². The molecule has 1 heterocycles. The van der Waals surface area contributed by atoms with E-state index in [1.54, 1.807) is 36.6 Å². The first kappa shape index (κ1) is 21.1. The molecule has 0 saturated carbocycles. The highest BCUT2D eigenvalue weighted by Gasteiger charge is 2.15. The Kier molecular flexibility index (Phi) is 6.71. The zero-order chi connectivity index (χ0) is 21.0. The third-order valence-corrected chi connectivity index (χ3v) is 5.25. The minimum atomic E-state index is -2.98. The lowest BCUT2D eigenvalue weighted by Gasteiger charge is -2.12. The van der Waals surface area contributed by atoms with Crippen LogP contribution in [-0.2, 0) is 6.61 Å². The molecule has 29 heavy (non-hydrogen) atoms. The molecule has 0 fully saturated rings. The van der Waals surface area contributed by atoms with Gasteiger partial charge >= 0.3 is 6.61 Å². The fraction of sp³-hybridized carbons (Fsp3) is 0.190. The Morgan fingerprint density at radius 1 is 1.10 bits per heavy atom. The SMILES string of the molecule is Cc1ccc(OC(F)F)c(NC(=O)c2cc(COc3cc(C)ccc3Cl)cs2)c1. The maximum Gasteiger partial charge on any atom is 0.387 e. The first-order valence-electron chi connectivity index (χ1n) is 8.65. The van der Waals surface area contributed by atoms with Crippen LogP contribution in [0.1, 0.15) is 26.4 Å². The van der Waals surface area contributed by atoms with E-state index in [9.17, 15) is 13.6 Å². The van der Waals surface area contributed by atoms with Gasteiger partial charge < -0.3 is 14.8 Å². The topological polar surface area (TPSA) is 47.6 Å². The average Bonchev–Trinajstić information content (AvgIpc) is 3.13. The number of hydrogen-bond acceptors (Lipinski definition) is 4. The molecule has 1 amide bonds. The van der Waals surface area contributed by atoms with Gasteiger partial charge in [-0.1, -0.05) is 23.7 Å². The number of alkyl halides is 2. The summed E-state index contributed by atoms with van der Waals surface area (Å²) in [4.78, 5) is 13.0. The van der Waals surface area contributed by atoms with Crippen molar-refractivity contribution in [1.29, 1.82) is 0 Å². The Morgan fingerprint density at radius 2 is 1.83 bits per heavy atom. The number of ether oxygens (including phenoxy) is 2. The Morgan fingerprint density at radius 3 is 2.59 bits per heavy atom. The van der Waals surface area contributed by atoms with Gasteiger partial charge in [0.05, 0.1) is 15.6 Å². The number of hydrogen-bond donors (Lipinski definition) is 1. The van der Waals surface area contributed by atoms with Crippen LogP contribution in [-0.4, -0.2) is 12.5 Å². The second-order valence-electron chi connectivity index (χ2n) is 6.37. The Labute approximate surface area is 176 Å². The highest BCUT2D eigenvalue weighted by Crippen LogP contribution is 2.29. The summed E-state index contributed by atoms with van der Waals surface area (Å²) in [5, 5.41) is 4.93. The number of amides is 1. The summed E-state index contributed by atoms with van der Waals surface area (Å²) in [5.41, 5.74) is 2.81. The van der Waals surface area contributed by atoms with Crippen molar-refractivity contribution in [2.45, 2.75) is 27.1 Å². The second-order valence-corrected chi connectivity index (χ2v) is 7.69. The van der Waals surface area contributed by atoms with Crippen molar-refractivity contribution in [1.82, 2.24) is 0 Å². The zero-order valence-corrected chi connectivity index (χ0v) is 17.2. The summed E-state index contributed by atoms with van der Waals surface area (Å²) in [7, 11) is 0. The number of rotatable bonds is 7. The van der Waals surface area contributed by atoms with Crippen LogP contribution in [0.4, 0.5) is 14.5 Å². The van der Waals surface area contributed by atoms with Gasteiger partial charge in [-0.05, 0) is 60.7 Å². The minimum absolute atomic E-state index is 0.0897. The molecule has 0 aliphatic rings. The lowest BCUT2D eigenvalue weighted by molar-refractivity contribution is -0.0493. The highest BCUT2D eigenvalue weighted by atomic mass is 35.5. The molecule has 1 aromatic heterocycles. The normalized spacial score (nSPS) is 10.8. The van der Waals surface area contributed by atoms with Gasteiger partial charge in [-0.15, -0.1) is 11.3 Å². The van der Waals surface area contributed by atoms with Crippen molar-refractivity contribution in [3.05, 3.63) is 74.4 Å². The molecule has 0 aliphatic carbocycles. The summed E-state index contributed by atoms with van der Waals surface area (Å²) in [6.07, 6.45) is 0. The van der Waals surface area contributed by atoms with E-state index in [-0.39, 0.29) is 18.0 Å². The number of anilines is 1. The van der Waals surface area contributed by atoms with Crippen molar-refractivity contribution >= 4 is 34.5 Å². The van der Waals surface area contributed by atoms with Crippen LogP contribution in [0.5, 0.6) is 11.5 Å². The molecule has 152 valence electrons. The number of carbonyl (C=O) groups is 1. The molecule has 0 saturated heterocycles. The molecule has 0 atom stereocenters. The smallest absolute Gasteiger partial charge is 0.387 e. The van der Waals surface area contributed by atoms with Gasteiger partial charge in [0.25, 0.3) is 5.91 Å². The Bertz CT molecular complexity index is 1020. The largest absolute Gasteiger partial charge is 0.487 e. The molecule has 3 aromatic rings. The predicted octanol–water partition coefficient (Wildman–Crippen LogP) is 6.45. The van der Waals surface area contributed by atoms with Crippen LogP contribution in [0.15, 0.2) is 47.8 Å². The maximum atomic E-state index is 12.6. The number of thiophene rings is 1. The van der Waals surface area contributed by atoms with Gasteiger partial charge in [0.15, 0.2) is 0 Å². The van der Waals surface area contributed by atoms with Crippen LogP contribution in [0.25, 0.3) is 0 Å². The van der Waals surface area contributed by atoms with E-state index in [2.05, 4.69) is 10.1 Å². The van der Waals surface area contributed by atoms with Crippen molar-refractivity contribution in [3.63, 3.8) is 0 Å². The zero-order valence-electron chi connectivity index (χ0n) is 15.7. The summed E-state index contributed by atoms with van der Waals surface area (Å²) in [6, 6.07) is 11.8. The van der Waals surface area contributed by atoms with Crippen LogP contribution in [0.3, 0.4) is 0 Å². The molecule has 0 unspecified atom stereocenters. The molecule has 8 heteroatoms. The summed E-state index contributed by atoms with van der Waals surface area (Å²) >= 11 is 7.35. The molecular formula is C21H18ClF2NO3S. The number of halogens is 3. The molecular weight excluding hydrogens is 420 g/mol. The van der Waals surface area contributed by atoms with Crippen LogP contribution in [0.2, 0.25) is 5.02 Å². The third-order valence-electron chi connectivity index (χ3n) is 3.96. The van der Waals surface area contributed by atoms with Gasteiger partial charge in [0, 0.05) is 5.56 Å². The molecule has 0 bridgehead atoms. The number of benzene rings is 2. The van der Waals surface area contributed by atoms with E-state index in [0.717, 1.165) is 16.7 Å². The van der Waals surface area contributed by atoms with Gasteiger partial charge in [-0.2, -0.15) is 8.78 Å². The lowest BCUT2D eigenvalue weighted by Crippen LogP contribution is -2.13. The van der Waals surface area contributed by atoms with Crippen LogP contribution >= 0.6 is 22.9 Å². The number of carbonyl (C=O) groups excluding carboxylic acids is 1. The van der Waals surface area contributed by atoms with Gasteiger partial charge in [0.2, 0.25) is 0 Å². The maximum absolute atomic E-state index is 12.6. The van der Waals surface area contributed by atoms with E-state index >= 15 is 0 Å². The van der Waals surface area contributed by atoms with E-state index in [1.807, 2.05) is 19.1 Å². The quantitative estimate of drug-likeness (QED) is 0.462. The van der Waals surface area contributed by atoms with Crippen molar-refractivity contribution < 1.29 is 23.0 Å². The van der Waals surface area contributed by atoms with E-state index in [4.69, 9.17) is 16.3 Å². The standard InChI is InChI=1S/C21H18ClF2NO3S/c1-12-4-6-17(28-21(23)24)16(7-12)25-20(26)19-9-14(11-29-19)10-27-18-8-13(2)3-5-15(18)22/h3-9,11,21H,10H2,1-2H3,(H,25,26). The third kappa shape index (κ3) is 5.68. The van der Waals surface area contributed by atoms with Gasteiger partial charge in [-0.25, -0.2) is 0 Å². The Balaban J connectivity index is 1.68. The first-order valence-corrected chi connectivity index (χ1v) is 9.91. The lowest BCUT2D eigenvalue weighted by atomic mass is 10.2. The van der Waals surface area contributed by atoms with E-state index < -0.39 is 12.5 Å². The molecule has 0 radical (unpaired) electrons. The fourth-order valence-corrected chi connectivity index (χ4v) is 3.54. The second kappa shape index (κ2) is 9.24. The molecule has 3 rings (SSSR count). The van der Waals surface area contributed by atoms with Crippen molar-refractivity contribution in [2.75, 3.05) is 5.32 Å². The number of nitrogens with one attached hydrogen (secondary N) is 1. The fourth-order valence-electron chi connectivity index (χ4n) is 2.58. The van der Waals surface area contributed by atoms with Gasteiger partial charge in [-0.3, -0.25) is 4.79 Å². The highest BCUT2D eigenvalue weighted by molar-refractivity contribution is 7.12. The van der Waals surface area contributed by atoms with Crippen LogP contribution < -0.4 is 14.8 Å². The molecule has 4 nitrogen and oxygen atoms in total. The average molecular weight is 438 g/mol. The van der Waals surface area contributed by atoms with E-state index in [1.165, 1.54) is 17.4 Å². The number of aryl methyl sites for hydroxylation is 2. The molecule has 2 aromatic carbocycles. The van der Waals surface area contributed by atoms with Crippen LogP contribution in [0, 0.1) is 13.8 Å². The molecule has 0 spiro atoms. The summed E-state index contributed by atoms with van der Waals surface area (Å²) in [6.45, 7) is 0.996. The summed E-state index contributed by atoms with van der Waals surface area (Å²) in [5.74, 6) is 0.0603. The molecule has 0 aliphatic heterocycles.